The Labute approximate surface area is 455 Å². The number of aliphatic hydroxyl groups excluding tert-OH is 1. The van der Waals surface area contributed by atoms with Gasteiger partial charge in [-0.1, -0.05) is 237 Å². The lowest BCUT2D eigenvalue weighted by atomic mass is 10.1. The molecule has 0 aromatic carbocycles. The first kappa shape index (κ1) is 70.4. The van der Waals surface area contributed by atoms with E-state index < -0.39 is 26.6 Å². The van der Waals surface area contributed by atoms with Crippen molar-refractivity contribution in [3.05, 3.63) is 146 Å². The van der Waals surface area contributed by atoms with Crippen LogP contribution in [0.1, 0.15) is 206 Å². The number of likely N-dealkylation sites (N-methyl/N-ethyl adjacent to an activating group) is 1. The van der Waals surface area contributed by atoms with E-state index in [0.717, 1.165) is 116 Å². The van der Waals surface area contributed by atoms with E-state index in [2.05, 4.69) is 153 Å². The second-order valence-electron chi connectivity index (χ2n) is 20.3. The molecule has 0 aromatic rings. The predicted octanol–water partition coefficient (Wildman–Crippen LogP) is 17.5. The van der Waals surface area contributed by atoms with E-state index in [4.69, 9.17) is 9.05 Å². The lowest BCUT2D eigenvalue weighted by Crippen LogP contribution is -2.45. The second kappa shape index (κ2) is 54.2. The van der Waals surface area contributed by atoms with Gasteiger partial charge in [0.25, 0.3) is 7.82 Å². The summed E-state index contributed by atoms with van der Waals surface area (Å²) in [5.74, 6) is -0.223. The Morgan fingerprint density at radius 1 is 0.486 bits per heavy atom. The first-order chi connectivity index (χ1) is 36.0. The molecule has 0 aliphatic rings. The van der Waals surface area contributed by atoms with Crippen LogP contribution >= 0.6 is 7.82 Å². The summed E-state index contributed by atoms with van der Waals surface area (Å²) in [5.41, 5.74) is 0. The Bertz CT molecular complexity index is 1710. The van der Waals surface area contributed by atoms with Crippen LogP contribution in [-0.2, 0) is 18.4 Å². The molecular formula is C65H109N2O6P. The Hall–Kier alpha value is -3.62. The van der Waals surface area contributed by atoms with Crippen LogP contribution in [0.4, 0.5) is 0 Å². The molecule has 0 radical (unpaired) electrons. The van der Waals surface area contributed by atoms with Crippen LogP contribution in [0.25, 0.3) is 0 Å². The van der Waals surface area contributed by atoms with Gasteiger partial charge in [0.05, 0.1) is 39.9 Å². The van der Waals surface area contributed by atoms with Crippen LogP contribution in [0.5, 0.6) is 0 Å². The third-order valence-electron chi connectivity index (χ3n) is 12.0. The van der Waals surface area contributed by atoms with Crippen LogP contribution in [0.3, 0.4) is 0 Å². The molecule has 0 saturated heterocycles. The van der Waals surface area contributed by atoms with Crippen molar-refractivity contribution in [3.8, 4) is 0 Å². The van der Waals surface area contributed by atoms with Gasteiger partial charge in [-0.15, -0.1) is 0 Å². The highest BCUT2D eigenvalue weighted by Crippen LogP contribution is 2.38. The van der Waals surface area contributed by atoms with Crippen molar-refractivity contribution in [1.82, 2.24) is 5.32 Å². The van der Waals surface area contributed by atoms with E-state index in [-0.39, 0.29) is 12.5 Å². The standard InChI is InChI=1S/C65H109N2O6P/c1-6-8-10-12-14-16-18-20-21-22-23-24-25-26-27-28-29-30-31-32-33-34-35-36-37-38-39-40-41-42-43-44-45-47-49-51-53-55-57-59-65(69)66-63(62-73-74(70,71)72-61-60-67(3,4)5)64(68)58-56-54-52-50-48-46-19-17-15-13-11-9-7-2/h8,10,14,16,20-21,23-24,26-27,29-30,32-33,35-36,38-39,41-42,48,50,56,58,63-64,68H,6-7,9,11-13,15,17-19,22,25,28,31,34,37,40,43-47,49,51-55,57,59-62H2,1-5H3,(H-,66,69,70,71)/b10-8-,16-14-,21-20-,24-23-,27-26-,30-29-,33-32-,36-35-,39-38-,42-41-,50-48+,58-56+. The van der Waals surface area contributed by atoms with Gasteiger partial charge in [0, 0.05) is 6.42 Å². The molecule has 420 valence electrons. The molecule has 0 rings (SSSR count). The lowest BCUT2D eigenvalue weighted by molar-refractivity contribution is -0.870. The first-order valence-corrected chi connectivity index (χ1v) is 30.7. The maximum Gasteiger partial charge on any atom is 0.268 e. The van der Waals surface area contributed by atoms with Gasteiger partial charge in [-0.25, -0.2) is 0 Å². The van der Waals surface area contributed by atoms with E-state index in [9.17, 15) is 19.4 Å². The molecule has 1 amide bonds. The van der Waals surface area contributed by atoms with Crippen LogP contribution in [0.2, 0.25) is 0 Å². The quantitative estimate of drug-likeness (QED) is 0.0272. The summed E-state index contributed by atoms with van der Waals surface area (Å²) in [6.45, 7) is 4.47. The number of unbranched alkanes of at least 4 members (excludes halogenated alkanes) is 16. The zero-order valence-corrected chi connectivity index (χ0v) is 48.6. The Balaban J connectivity index is 4.16. The third-order valence-corrected chi connectivity index (χ3v) is 13.0. The van der Waals surface area contributed by atoms with Crippen LogP contribution in [0, 0.1) is 0 Å². The van der Waals surface area contributed by atoms with E-state index in [1.165, 1.54) is 70.6 Å². The largest absolute Gasteiger partial charge is 0.756 e. The summed E-state index contributed by atoms with van der Waals surface area (Å²) >= 11 is 0. The molecule has 0 spiro atoms. The smallest absolute Gasteiger partial charge is 0.268 e. The number of quaternary nitrogens is 1. The molecule has 0 aliphatic carbocycles. The molecule has 0 aliphatic heterocycles. The number of rotatable bonds is 51. The summed E-state index contributed by atoms with van der Waals surface area (Å²) in [5, 5.41) is 13.8. The summed E-state index contributed by atoms with van der Waals surface area (Å²) in [7, 11) is 1.22. The molecule has 3 unspecified atom stereocenters. The fourth-order valence-electron chi connectivity index (χ4n) is 7.49. The molecule has 74 heavy (non-hydrogen) atoms. The molecule has 0 bridgehead atoms. The van der Waals surface area contributed by atoms with Crippen LogP contribution in [-0.4, -0.2) is 68.5 Å². The van der Waals surface area contributed by atoms with Gasteiger partial charge in [-0.3, -0.25) is 9.36 Å². The number of phosphoric acid groups is 1. The minimum Gasteiger partial charge on any atom is -0.756 e. The summed E-state index contributed by atoms with van der Waals surface area (Å²) in [6.07, 6.45) is 83.6. The van der Waals surface area contributed by atoms with Crippen molar-refractivity contribution in [1.29, 1.82) is 0 Å². The van der Waals surface area contributed by atoms with Gasteiger partial charge in [-0.05, 0) is 109 Å². The van der Waals surface area contributed by atoms with Crippen molar-refractivity contribution < 1.29 is 32.9 Å². The Morgan fingerprint density at radius 2 is 0.838 bits per heavy atom. The normalized spacial score (nSPS) is 15.0. The number of nitrogens with zero attached hydrogens (tertiary/aromatic N) is 1. The number of amides is 1. The average Bonchev–Trinajstić information content (AvgIpc) is 3.36. The fourth-order valence-corrected chi connectivity index (χ4v) is 8.21. The molecule has 0 fully saturated rings. The van der Waals surface area contributed by atoms with Gasteiger partial charge in [0.1, 0.15) is 13.2 Å². The van der Waals surface area contributed by atoms with Crippen molar-refractivity contribution in [2.24, 2.45) is 0 Å². The topological polar surface area (TPSA) is 108 Å². The molecule has 0 heterocycles. The lowest BCUT2D eigenvalue weighted by Gasteiger charge is -2.29. The van der Waals surface area contributed by atoms with Crippen molar-refractivity contribution in [2.75, 3.05) is 40.9 Å². The molecule has 3 atom stereocenters. The van der Waals surface area contributed by atoms with Crippen LogP contribution in [0.15, 0.2) is 146 Å². The van der Waals surface area contributed by atoms with Crippen molar-refractivity contribution in [2.45, 2.75) is 219 Å². The predicted molar refractivity (Wildman–Crippen MR) is 320 cm³/mol. The number of aliphatic hydroxyl groups is 1. The number of phosphoric ester groups is 1. The maximum atomic E-state index is 12.9. The van der Waals surface area contributed by atoms with E-state index in [1.54, 1.807) is 6.08 Å². The minimum atomic E-state index is -4.61. The number of allylic oxidation sites excluding steroid dienone is 23. The van der Waals surface area contributed by atoms with Gasteiger partial charge < -0.3 is 28.8 Å². The van der Waals surface area contributed by atoms with E-state index in [1.807, 2.05) is 27.2 Å². The molecule has 2 N–H and O–H groups in total. The molecular weight excluding hydrogens is 936 g/mol. The summed E-state index contributed by atoms with van der Waals surface area (Å²) in [4.78, 5) is 25.4. The van der Waals surface area contributed by atoms with Gasteiger partial charge in [-0.2, -0.15) is 0 Å². The average molecular weight is 1050 g/mol. The SMILES string of the molecule is CC/C=C\C/C=C\C/C=C\C/C=C\C/C=C\C/C=C\C/C=C\C/C=C\C/C=C\C/C=C\CCCCCCCCCCC(=O)NC(COP(=O)([O-])OCC[N+](C)(C)C)C(O)/C=C/CC/C=C/CCCCCCCCC. The number of carbonyl (C=O) groups excluding carboxylic acids is 1. The highest BCUT2D eigenvalue weighted by Gasteiger charge is 2.23. The van der Waals surface area contributed by atoms with Gasteiger partial charge >= 0.3 is 0 Å². The number of hydrogen-bond donors (Lipinski definition) is 2. The zero-order chi connectivity index (χ0) is 54.2. The number of carbonyl (C=O) groups is 1. The molecule has 8 nitrogen and oxygen atoms in total. The van der Waals surface area contributed by atoms with Crippen LogP contribution < -0.4 is 10.2 Å². The highest BCUT2D eigenvalue weighted by atomic mass is 31.2. The van der Waals surface area contributed by atoms with Gasteiger partial charge in [0.2, 0.25) is 5.91 Å². The highest BCUT2D eigenvalue weighted by molar-refractivity contribution is 7.45. The minimum absolute atomic E-state index is 0.0155. The third kappa shape index (κ3) is 56.1. The molecule has 0 aromatic heterocycles. The Morgan fingerprint density at radius 3 is 1.26 bits per heavy atom. The maximum absolute atomic E-state index is 12.9. The molecule has 0 saturated carbocycles. The molecule has 9 heteroatoms. The van der Waals surface area contributed by atoms with Gasteiger partial charge in [0.15, 0.2) is 0 Å². The Kier molecular flexibility index (Phi) is 51.5. The van der Waals surface area contributed by atoms with E-state index >= 15 is 0 Å². The monoisotopic (exact) mass is 1040 g/mol. The zero-order valence-electron chi connectivity index (χ0n) is 47.7. The van der Waals surface area contributed by atoms with E-state index in [0.29, 0.717) is 17.4 Å². The van der Waals surface area contributed by atoms with Crippen molar-refractivity contribution >= 4 is 13.7 Å². The number of hydrogen-bond acceptors (Lipinski definition) is 6. The summed E-state index contributed by atoms with van der Waals surface area (Å²) in [6, 6.07) is -0.917. The van der Waals surface area contributed by atoms with Crippen molar-refractivity contribution in [3.63, 3.8) is 0 Å². The first-order valence-electron chi connectivity index (χ1n) is 29.2. The number of nitrogens with one attached hydrogen (secondary N) is 1. The second-order valence-corrected chi connectivity index (χ2v) is 21.7. The summed E-state index contributed by atoms with van der Waals surface area (Å²) < 4.78 is 23.3. The fraction of sp³-hybridized carbons (Fsp3) is 0.615.